The molecule has 0 radical (unpaired) electrons. The zero-order valence-corrected chi connectivity index (χ0v) is 16.5. The van der Waals surface area contributed by atoms with Crippen molar-refractivity contribution in [3.8, 4) is 11.5 Å². The molecule has 0 spiro atoms. The summed E-state index contributed by atoms with van der Waals surface area (Å²) in [6.45, 7) is 3.95. The Morgan fingerprint density at radius 2 is 1.89 bits per heavy atom. The van der Waals surface area contributed by atoms with Gasteiger partial charge in [-0.3, -0.25) is 4.79 Å². The Morgan fingerprint density at radius 1 is 1.14 bits per heavy atom. The van der Waals surface area contributed by atoms with Gasteiger partial charge in [-0.1, -0.05) is 25.4 Å². The average molecular weight is 410 g/mol. The lowest BCUT2D eigenvalue weighted by Crippen LogP contribution is -2.21. The van der Waals surface area contributed by atoms with E-state index in [0.717, 1.165) is 6.07 Å². The van der Waals surface area contributed by atoms with Crippen molar-refractivity contribution in [2.75, 3.05) is 25.6 Å². The van der Waals surface area contributed by atoms with Crippen LogP contribution in [0, 0.1) is 11.7 Å². The molecule has 0 aliphatic carbocycles. The van der Waals surface area contributed by atoms with Gasteiger partial charge in [-0.05, 0) is 42.3 Å². The summed E-state index contributed by atoms with van der Waals surface area (Å²) in [6.07, 6.45) is 0. The molecule has 0 saturated carbocycles. The van der Waals surface area contributed by atoms with Gasteiger partial charge in [-0.25, -0.2) is 9.18 Å². The molecule has 0 aliphatic rings. The third-order valence-electron chi connectivity index (χ3n) is 3.51. The van der Waals surface area contributed by atoms with Crippen LogP contribution in [-0.2, 0) is 9.53 Å². The average Bonchev–Trinajstić information content (AvgIpc) is 2.66. The molecule has 28 heavy (non-hydrogen) atoms. The van der Waals surface area contributed by atoms with Crippen LogP contribution in [-0.4, -0.2) is 32.2 Å². The molecule has 2 aromatic carbocycles. The molecule has 0 atom stereocenters. The molecule has 150 valence electrons. The third kappa shape index (κ3) is 6.13. The Balaban J connectivity index is 1.95. The molecule has 6 nitrogen and oxygen atoms in total. The van der Waals surface area contributed by atoms with Gasteiger partial charge in [-0.15, -0.1) is 0 Å². The molecule has 0 saturated heterocycles. The maximum atomic E-state index is 13.7. The maximum absolute atomic E-state index is 13.7. The van der Waals surface area contributed by atoms with Crippen LogP contribution in [0.4, 0.5) is 10.1 Å². The van der Waals surface area contributed by atoms with Gasteiger partial charge in [0.2, 0.25) is 0 Å². The second kappa shape index (κ2) is 9.94. The van der Waals surface area contributed by atoms with Crippen molar-refractivity contribution in [1.29, 1.82) is 0 Å². The minimum absolute atomic E-state index is 0.0567. The highest BCUT2D eigenvalue weighted by atomic mass is 35.5. The van der Waals surface area contributed by atoms with Gasteiger partial charge in [0.05, 0.1) is 25.0 Å². The molecule has 0 unspecified atom stereocenters. The highest BCUT2D eigenvalue weighted by molar-refractivity contribution is 6.30. The van der Waals surface area contributed by atoms with Gasteiger partial charge in [-0.2, -0.15) is 0 Å². The Kier molecular flexibility index (Phi) is 7.63. The minimum atomic E-state index is -0.722. The van der Waals surface area contributed by atoms with E-state index in [2.05, 4.69) is 5.32 Å². The number of carbonyl (C=O) groups excluding carboxylic acids is 2. The lowest BCUT2D eigenvalue weighted by molar-refractivity contribution is -0.119. The monoisotopic (exact) mass is 409 g/mol. The normalized spacial score (nSPS) is 10.5. The number of hydrogen-bond donors (Lipinski definition) is 1. The van der Waals surface area contributed by atoms with Gasteiger partial charge < -0.3 is 19.5 Å². The lowest BCUT2D eigenvalue weighted by atomic mass is 10.2. The first-order chi connectivity index (χ1) is 13.3. The number of ether oxygens (including phenoxy) is 3. The molecule has 2 aromatic rings. The van der Waals surface area contributed by atoms with E-state index in [4.69, 9.17) is 25.8 Å². The van der Waals surface area contributed by atoms with E-state index in [1.54, 1.807) is 6.07 Å². The van der Waals surface area contributed by atoms with Crippen LogP contribution in [0.5, 0.6) is 11.5 Å². The third-order valence-corrected chi connectivity index (χ3v) is 3.75. The summed E-state index contributed by atoms with van der Waals surface area (Å²) in [5, 5.41) is 2.51. The minimum Gasteiger partial charge on any atom is -0.493 e. The van der Waals surface area contributed by atoms with Gasteiger partial charge in [0.15, 0.2) is 18.1 Å². The lowest BCUT2D eigenvalue weighted by Gasteiger charge is -2.13. The molecule has 1 N–H and O–H groups in total. The summed E-state index contributed by atoms with van der Waals surface area (Å²) in [4.78, 5) is 24.0. The van der Waals surface area contributed by atoms with Crippen molar-refractivity contribution < 1.29 is 28.2 Å². The maximum Gasteiger partial charge on any atom is 0.338 e. The zero-order chi connectivity index (χ0) is 20.7. The smallest absolute Gasteiger partial charge is 0.338 e. The number of esters is 1. The molecule has 0 aromatic heterocycles. The fourth-order valence-electron chi connectivity index (χ4n) is 2.16. The van der Waals surface area contributed by atoms with E-state index in [1.807, 2.05) is 13.8 Å². The molecule has 2 rings (SSSR count). The predicted molar refractivity (Wildman–Crippen MR) is 104 cm³/mol. The van der Waals surface area contributed by atoms with Gasteiger partial charge in [0, 0.05) is 5.02 Å². The van der Waals surface area contributed by atoms with E-state index in [9.17, 15) is 14.0 Å². The van der Waals surface area contributed by atoms with Crippen LogP contribution in [0.2, 0.25) is 5.02 Å². The first-order valence-corrected chi connectivity index (χ1v) is 8.90. The number of rotatable bonds is 8. The number of anilines is 1. The Labute approximate surface area is 167 Å². The SMILES string of the molecule is COc1cc(C(=O)OCC(=O)Nc2ccc(Cl)cc2F)ccc1OCC(C)C. The number of amides is 1. The Bertz CT molecular complexity index is 856. The van der Waals surface area contributed by atoms with Crippen molar-refractivity contribution in [3.63, 3.8) is 0 Å². The highest BCUT2D eigenvalue weighted by Crippen LogP contribution is 2.28. The molecule has 0 aliphatic heterocycles. The number of halogens is 2. The van der Waals surface area contributed by atoms with E-state index >= 15 is 0 Å². The summed E-state index contributed by atoms with van der Waals surface area (Å²) in [5.74, 6) is -0.877. The standard InChI is InChI=1S/C20H21ClFNO5/c1-12(2)10-27-17-7-4-13(8-18(17)26-3)20(25)28-11-19(24)23-16-6-5-14(21)9-15(16)22/h4-9,12H,10-11H2,1-3H3,(H,23,24). The Morgan fingerprint density at radius 3 is 2.54 bits per heavy atom. The van der Waals surface area contributed by atoms with Crippen LogP contribution in [0.25, 0.3) is 0 Å². The van der Waals surface area contributed by atoms with Gasteiger partial charge in [0.25, 0.3) is 5.91 Å². The first kappa shape index (κ1) is 21.5. The van der Waals surface area contributed by atoms with Crippen LogP contribution >= 0.6 is 11.6 Å². The number of carbonyl (C=O) groups is 2. The topological polar surface area (TPSA) is 73.9 Å². The fraction of sp³-hybridized carbons (Fsp3) is 0.300. The predicted octanol–water partition coefficient (Wildman–Crippen LogP) is 4.32. The van der Waals surface area contributed by atoms with E-state index in [0.29, 0.717) is 24.0 Å². The fourth-order valence-corrected chi connectivity index (χ4v) is 2.32. The van der Waals surface area contributed by atoms with Crippen LogP contribution in [0.15, 0.2) is 36.4 Å². The van der Waals surface area contributed by atoms with Crippen molar-refractivity contribution >= 4 is 29.2 Å². The summed E-state index contributed by atoms with van der Waals surface area (Å²) in [5.41, 5.74) is 0.137. The van der Waals surface area contributed by atoms with Crippen LogP contribution in [0.3, 0.4) is 0 Å². The summed E-state index contributed by atoms with van der Waals surface area (Å²) in [6, 6.07) is 8.39. The van der Waals surface area contributed by atoms with Crippen molar-refractivity contribution in [2.45, 2.75) is 13.8 Å². The van der Waals surface area contributed by atoms with Crippen molar-refractivity contribution in [2.24, 2.45) is 5.92 Å². The largest absolute Gasteiger partial charge is 0.493 e. The Hall–Kier alpha value is -2.80. The summed E-state index contributed by atoms with van der Waals surface area (Å²) >= 11 is 5.65. The second-order valence-corrected chi connectivity index (χ2v) is 6.76. The molecule has 1 amide bonds. The van der Waals surface area contributed by atoms with E-state index in [-0.39, 0.29) is 16.3 Å². The number of hydrogen-bond acceptors (Lipinski definition) is 5. The summed E-state index contributed by atoms with van der Waals surface area (Å²) in [7, 11) is 1.46. The second-order valence-electron chi connectivity index (χ2n) is 6.32. The van der Waals surface area contributed by atoms with Gasteiger partial charge >= 0.3 is 5.97 Å². The van der Waals surface area contributed by atoms with E-state index < -0.39 is 24.3 Å². The van der Waals surface area contributed by atoms with Crippen LogP contribution in [0.1, 0.15) is 24.2 Å². The number of methoxy groups -OCH3 is 1. The van der Waals surface area contributed by atoms with Crippen LogP contribution < -0.4 is 14.8 Å². The summed E-state index contributed by atoms with van der Waals surface area (Å²) < 4.78 is 29.5. The van der Waals surface area contributed by atoms with Crippen molar-refractivity contribution in [3.05, 3.63) is 52.8 Å². The first-order valence-electron chi connectivity index (χ1n) is 8.53. The molecular weight excluding hydrogens is 389 g/mol. The molecule has 0 heterocycles. The molecule has 8 heteroatoms. The molecule has 0 fully saturated rings. The number of nitrogens with one attached hydrogen (secondary N) is 1. The number of benzene rings is 2. The van der Waals surface area contributed by atoms with E-state index in [1.165, 1.54) is 31.4 Å². The molecule has 0 bridgehead atoms. The van der Waals surface area contributed by atoms with Gasteiger partial charge in [0.1, 0.15) is 5.82 Å². The zero-order valence-electron chi connectivity index (χ0n) is 15.8. The highest BCUT2D eigenvalue weighted by Gasteiger charge is 2.15. The molecular formula is C20H21ClFNO5. The van der Waals surface area contributed by atoms with Crippen molar-refractivity contribution in [1.82, 2.24) is 0 Å². The quantitative estimate of drug-likeness (QED) is 0.657.